The Kier molecular flexibility index (Phi) is 16.7. The topological polar surface area (TPSA) is 117 Å². The first-order valence-electron chi connectivity index (χ1n) is 24.9. The van der Waals surface area contributed by atoms with E-state index in [0.29, 0.717) is 24.4 Å². The molecular weight excluding hydrogens is 887 g/mol. The Labute approximate surface area is 414 Å². The maximum absolute atomic E-state index is 12.9. The van der Waals surface area contributed by atoms with Gasteiger partial charge in [0, 0.05) is 48.0 Å². The molecule has 11 heteroatoms. The molecule has 2 heterocycles. The Morgan fingerprint density at radius 2 is 1.39 bits per heavy atom. The van der Waals surface area contributed by atoms with E-state index in [-0.39, 0.29) is 22.8 Å². The third-order valence-electron chi connectivity index (χ3n) is 13.8. The molecule has 0 spiro atoms. The second-order valence-electron chi connectivity index (χ2n) is 20.0. The van der Waals surface area contributed by atoms with Crippen molar-refractivity contribution in [1.29, 1.82) is 0 Å². The molecule has 70 heavy (non-hydrogen) atoms. The number of H-pyrrole nitrogens is 1. The van der Waals surface area contributed by atoms with E-state index in [0.717, 1.165) is 103 Å². The average Bonchev–Trinajstić information content (AvgIpc) is 3.36. The highest BCUT2D eigenvalue weighted by Gasteiger charge is 2.40. The molecule has 0 aliphatic carbocycles. The number of benzene rings is 6. The first-order chi connectivity index (χ1) is 33.9. The lowest BCUT2D eigenvalue weighted by molar-refractivity contribution is 0.0587. The number of pyridine rings is 1. The van der Waals surface area contributed by atoms with Crippen molar-refractivity contribution in [3.63, 3.8) is 0 Å². The molecule has 0 unspecified atom stereocenters. The minimum Gasteiger partial charge on any atom is -0.487 e. The van der Waals surface area contributed by atoms with E-state index in [2.05, 4.69) is 114 Å². The fourth-order valence-corrected chi connectivity index (χ4v) is 10.1. The van der Waals surface area contributed by atoms with Crippen LogP contribution in [0, 0.1) is 0 Å². The molecule has 1 amide bonds. The van der Waals surface area contributed by atoms with Gasteiger partial charge in [0.1, 0.15) is 18.5 Å². The summed E-state index contributed by atoms with van der Waals surface area (Å²) < 4.78 is 19.3. The van der Waals surface area contributed by atoms with Crippen LogP contribution in [0.2, 0.25) is 18.1 Å². The number of aromatic amines is 1. The highest BCUT2D eigenvalue weighted by molar-refractivity contribution is 6.74. The number of fused-ring (bicyclic) bond motifs is 1. The van der Waals surface area contributed by atoms with Crippen LogP contribution in [-0.4, -0.2) is 63.1 Å². The molecule has 1 atom stereocenters. The molecule has 0 radical (unpaired) electrons. The first kappa shape index (κ1) is 49.9. The van der Waals surface area contributed by atoms with E-state index in [1.807, 2.05) is 97.1 Å². The second-order valence-corrected chi connectivity index (χ2v) is 24.7. The lowest BCUT2D eigenvalue weighted by Crippen LogP contribution is -2.43. The molecule has 1 aliphatic heterocycles. The van der Waals surface area contributed by atoms with Crippen molar-refractivity contribution in [2.45, 2.75) is 89.8 Å². The lowest BCUT2D eigenvalue weighted by Gasteiger charge is -2.39. The van der Waals surface area contributed by atoms with E-state index in [4.69, 9.17) is 13.9 Å². The van der Waals surface area contributed by atoms with Gasteiger partial charge in [0.2, 0.25) is 5.56 Å². The van der Waals surface area contributed by atoms with Crippen LogP contribution in [-0.2, 0) is 28.6 Å². The van der Waals surface area contributed by atoms with Crippen molar-refractivity contribution >= 4 is 42.4 Å². The summed E-state index contributed by atoms with van der Waals surface area (Å²) in [5.74, 6) is 0.642. The largest absolute Gasteiger partial charge is 0.487 e. The number of carbonyl (C=O) groups is 1. The number of nitrogens with one attached hydrogen (secondary N) is 4. The third-order valence-corrected chi connectivity index (χ3v) is 18.3. The average molecular weight is 956 g/mol. The minimum atomic E-state index is -2.19. The van der Waals surface area contributed by atoms with Crippen molar-refractivity contribution in [3.8, 4) is 16.9 Å². The minimum absolute atomic E-state index is 0.0182. The number of amides is 1. The summed E-state index contributed by atoms with van der Waals surface area (Å²) in [6, 6.07) is 52.9. The Balaban J connectivity index is 0.773. The molecule has 0 saturated carbocycles. The molecule has 1 aliphatic rings. The van der Waals surface area contributed by atoms with Crippen molar-refractivity contribution in [2.24, 2.45) is 0 Å². The Morgan fingerprint density at radius 3 is 2.07 bits per heavy atom. The highest BCUT2D eigenvalue weighted by Crippen LogP contribution is 2.41. The van der Waals surface area contributed by atoms with Crippen molar-refractivity contribution in [1.82, 2.24) is 15.2 Å². The van der Waals surface area contributed by atoms with E-state index < -0.39 is 14.4 Å². The Hall–Kier alpha value is -6.50. The summed E-state index contributed by atoms with van der Waals surface area (Å²) in [5.41, 5.74) is 10.1. The van der Waals surface area contributed by atoms with Gasteiger partial charge in [-0.25, -0.2) is 4.79 Å². The lowest BCUT2D eigenvalue weighted by atomic mass is 10.0. The van der Waals surface area contributed by atoms with Crippen molar-refractivity contribution in [3.05, 3.63) is 190 Å². The van der Waals surface area contributed by atoms with Crippen molar-refractivity contribution in [2.75, 3.05) is 43.4 Å². The summed E-state index contributed by atoms with van der Waals surface area (Å²) in [6.07, 6.45) is 3.94. The van der Waals surface area contributed by atoms with Gasteiger partial charge in [-0.2, -0.15) is 0 Å². The second kappa shape index (κ2) is 23.4. The number of aromatic nitrogens is 1. The molecule has 0 bridgehead atoms. The smallest absolute Gasteiger partial charge is 0.411 e. The molecule has 4 N–H and O–H groups in total. The van der Waals surface area contributed by atoms with Crippen LogP contribution in [0.4, 0.5) is 21.9 Å². The summed E-state index contributed by atoms with van der Waals surface area (Å²) in [6.45, 7) is 16.1. The van der Waals surface area contributed by atoms with Crippen LogP contribution in [0.25, 0.3) is 22.0 Å². The normalized spacial score (nSPS) is 14.0. The number of ether oxygens (including phenoxy) is 2. The summed E-state index contributed by atoms with van der Waals surface area (Å²) in [5, 5.41) is 11.2. The fraction of sp³-hybridized carbons (Fsp3) is 0.322. The maximum atomic E-state index is 12.9. The zero-order valence-electron chi connectivity index (χ0n) is 41.4. The molecule has 6 aromatic carbocycles. The third kappa shape index (κ3) is 13.6. The van der Waals surface area contributed by atoms with E-state index in [1.54, 1.807) is 6.07 Å². The number of piperidine rings is 1. The summed E-state index contributed by atoms with van der Waals surface area (Å²) in [7, 11) is -2.19. The number of nitrogens with zero attached hydrogens (tertiary/aromatic N) is 1. The van der Waals surface area contributed by atoms with Crippen LogP contribution >= 0.6 is 0 Å². The molecule has 8 rings (SSSR count). The van der Waals surface area contributed by atoms with Crippen LogP contribution in [0.5, 0.6) is 5.75 Å². The zero-order valence-corrected chi connectivity index (χ0v) is 42.4. The number of aryl methyl sites for hydroxylation is 1. The predicted molar refractivity (Wildman–Crippen MR) is 289 cm³/mol. The summed E-state index contributed by atoms with van der Waals surface area (Å²) >= 11 is 0. The van der Waals surface area contributed by atoms with Gasteiger partial charge < -0.3 is 34.4 Å². The maximum Gasteiger partial charge on any atom is 0.411 e. The van der Waals surface area contributed by atoms with Gasteiger partial charge in [-0.15, -0.1) is 0 Å². The molecule has 10 nitrogen and oxygen atoms in total. The van der Waals surface area contributed by atoms with Crippen LogP contribution < -0.4 is 26.2 Å². The number of hydrogen-bond acceptors (Lipinski definition) is 8. The molecule has 364 valence electrons. The first-order valence-corrected chi connectivity index (χ1v) is 27.8. The van der Waals surface area contributed by atoms with Gasteiger partial charge in [-0.05, 0) is 134 Å². The molecule has 1 aromatic heterocycles. The van der Waals surface area contributed by atoms with Gasteiger partial charge in [-0.3, -0.25) is 10.1 Å². The fourth-order valence-electron chi connectivity index (χ4n) is 8.78. The zero-order chi connectivity index (χ0) is 48.9. The quantitative estimate of drug-likeness (QED) is 0.0441. The molecular formula is C59H69N5O5Si. The Bertz CT molecular complexity index is 2820. The number of para-hydroxylation sites is 1. The van der Waals surface area contributed by atoms with Gasteiger partial charge in [0.05, 0.1) is 17.3 Å². The van der Waals surface area contributed by atoms with Crippen LogP contribution in [0.15, 0.2) is 163 Å². The summed E-state index contributed by atoms with van der Waals surface area (Å²) in [4.78, 5) is 31.0. The monoisotopic (exact) mass is 956 g/mol. The standard InChI is InChI=1S/C59H69N5O5Si/c1-59(2,3)70(4,5)69-55(51-30-32-54(57-52(51)31-33-56(65)63-57)67-42-45-15-8-6-9-16-45)41-60-37-34-44-24-28-48(29-25-44)61-47-26-22-43(23-27-47)17-14-38-64-39-35-49(36-40-64)68-58(66)62-53-21-13-12-20-50(53)46-18-10-7-11-19-46/h6-13,15-16,18-33,49,55,60-61H,14,17,34-42H2,1-5H3,(H,62,66)(H,63,65)/t55-/m1/s1. The Morgan fingerprint density at radius 1 is 0.743 bits per heavy atom. The van der Waals surface area contributed by atoms with Gasteiger partial charge in [0.15, 0.2) is 8.32 Å². The molecule has 7 aromatic rings. The van der Waals surface area contributed by atoms with E-state index >= 15 is 0 Å². The SMILES string of the molecule is CC(C)(C)[Si](C)(C)O[C@H](CNCCc1ccc(Nc2ccc(CCCN3CCC(OC(=O)Nc4ccccc4-c4ccccc4)CC3)cc2)cc1)c1ccc(OCc2ccccc2)c2[nH]c(=O)ccc12. The molecule has 1 saturated heterocycles. The van der Waals surface area contributed by atoms with Crippen molar-refractivity contribution < 1.29 is 18.7 Å². The van der Waals surface area contributed by atoms with E-state index in [1.165, 1.54) is 11.1 Å². The van der Waals surface area contributed by atoms with Crippen LogP contribution in [0.3, 0.4) is 0 Å². The van der Waals surface area contributed by atoms with Gasteiger partial charge >= 0.3 is 6.09 Å². The van der Waals surface area contributed by atoms with Gasteiger partial charge in [-0.1, -0.05) is 130 Å². The number of hydrogen-bond donors (Lipinski definition) is 4. The number of carbonyl (C=O) groups excluding carboxylic acids is 1. The van der Waals surface area contributed by atoms with Gasteiger partial charge in [0.25, 0.3) is 0 Å². The predicted octanol–water partition coefficient (Wildman–Crippen LogP) is 13.1. The number of rotatable bonds is 20. The molecule has 1 fully saturated rings. The highest BCUT2D eigenvalue weighted by atomic mass is 28.4. The van der Waals surface area contributed by atoms with Crippen LogP contribution in [0.1, 0.15) is 68.4 Å². The number of likely N-dealkylation sites (tertiary alicyclic amines) is 1. The number of anilines is 3. The van der Waals surface area contributed by atoms with E-state index in [9.17, 15) is 9.59 Å².